The van der Waals surface area contributed by atoms with Gasteiger partial charge in [-0.2, -0.15) is 0 Å². The minimum atomic E-state index is -0.125. The van der Waals surface area contributed by atoms with E-state index in [1.807, 2.05) is 0 Å². The average molecular weight is 301 g/mol. The molecule has 1 aliphatic heterocycles. The molecule has 0 spiro atoms. The summed E-state index contributed by atoms with van der Waals surface area (Å²) in [6.45, 7) is 1.68. The summed E-state index contributed by atoms with van der Waals surface area (Å²) in [7, 11) is 0. The highest BCUT2D eigenvalue weighted by atomic mass is 79.9. The summed E-state index contributed by atoms with van der Waals surface area (Å²) >= 11 is 3.31. The summed E-state index contributed by atoms with van der Waals surface area (Å²) in [5.41, 5.74) is 5.42. The van der Waals surface area contributed by atoms with Gasteiger partial charge in [0.15, 0.2) is 5.82 Å². The van der Waals surface area contributed by atoms with Crippen molar-refractivity contribution in [1.82, 2.24) is 9.97 Å². The van der Waals surface area contributed by atoms with Crippen LogP contribution in [-0.2, 0) is 0 Å². The van der Waals surface area contributed by atoms with Crippen molar-refractivity contribution in [3.05, 3.63) is 21.2 Å². The van der Waals surface area contributed by atoms with Crippen LogP contribution in [0.25, 0.3) is 0 Å². The van der Waals surface area contributed by atoms with Gasteiger partial charge in [-0.05, 0) is 48.2 Å². The van der Waals surface area contributed by atoms with E-state index in [9.17, 15) is 4.79 Å². The van der Waals surface area contributed by atoms with E-state index in [-0.39, 0.29) is 5.56 Å². The summed E-state index contributed by atoms with van der Waals surface area (Å²) in [4.78, 5) is 20.6. The van der Waals surface area contributed by atoms with Crippen molar-refractivity contribution in [2.45, 2.75) is 31.7 Å². The van der Waals surface area contributed by atoms with E-state index in [0.717, 1.165) is 38.0 Å². The molecule has 17 heavy (non-hydrogen) atoms. The van der Waals surface area contributed by atoms with E-state index in [4.69, 9.17) is 5.73 Å². The molecule has 6 heteroatoms. The van der Waals surface area contributed by atoms with Gasteiger partial charge in [0.1, 0.15) is 4.47 Å². The van der Waals surface area contributed by atoms with Gasteiger partial charge in [-0.3, -0.25) is 4.79 Å². The molecule has 0 aliphatic carbocycles. The summed E-state index contributed by atoms with van der Waals surface area (Å²) < 4.78 is 0.527. The monoisotopic (exact) mass is 300 g/mol. The number of anilines is 1. The maximum Gasteiger partial charge on any atom is 0.267 e. The molecule has 0 radical (unpaired) electrons. The van der Waals surface area contributed by atoms with Gasteiger partial charge in [-0.15, -0.1) is 0 Å². The maximum atomic E-state index is 11.5. The first-order chi connectivity index (χ1) is 8.24. The molecule has 0 bridgehead atoms. The largest absolute Gasteiger partial charge is 0.352 e. The molecule has 1 fully saturated rings. The van der Waals surface area contributed by atoms with E-state index in [0.29, 0.717) is 17.1 Å². The first kappa shape index (κ1) is 12.6. The van der Waals surface area contributed by atoms with Gasteiger partial charge in [-0.1, -0.05) is 0 Å². The van der Waals surface area contributed by atoms with Crippen LogP contribution in [0.1, 0.15) is 25.7 Å². The molecule has 5 nitrogen and oxygen atoms in total. The number of rotatable bonds is 4. The molecule has 1 aromatic rings. The van der Waals surface area contributed by atoms with Gasteiger partial charge in [0.05, 0.1) is 6.33 Å². The summed E-state index contributed by atoms with van der Waals surface area (Å²) in [5.74, 6) is 0.758. The van der Waals surface area contributed by atoms with Gasteiger partial charge in [0.2, 0.25) is 0 Å². The summed E-state index contributed by atoms with van der Waals surface area (Å²) in [5, 5.41) is 0. The van der Waals surface area contributed by atoms with Crippen molar-refractivity contribution in [1.29, 1.82) is 0 Å². The number of nitrogens with one attached hydrogen (secondary N) is 1. The molecule has 1 aliphatic rings. The lowest BCUT2D eigenvalue weighted by Gasteiger charge is -2.26. The predicted molar refractivity (Wildman–Crippen MR) is 71.2 cm³/mol. The molecule has 2 rings (SSSR count). The summed E-state index contributed by atoms with van der Waals surface area (Å²) in [6, 6.07) is 0.462. The second-order valence-electron chi connectivity index (χ2n) is 4.29. The lowest BCUT2D eigenvalue weighted by atomic mass is 10.1. The first-order valence-electron chi connectivity index (χ1n) is 5.94. The Labute approximate surface area is 109 Å². The predicted octanol–water partition coefficient (Wildman–Crippen LogP) is 1.24. The molecule has 1 saturated heterocycles. The number of halogens is 1. The third-order valence-electron chi connectivity index (χ3n) is 3.17. The van der Waals surface area contributed by atoms with Crippen LogP contribution in [0.4, 0.5) is 5.82 Å². The SMILES string of the molecule is NCCCC1CCCN1c1nc[nH]c(=O)c1Br. The zero-order valence-electron chi connectivity index (χ0n) is 9.66. The third kappa shape index (κ3) is 2.69. The number of nitrogens with two attached hydrogens (primary N) is 1. The lowest BCUT2D eigenvalue weighted by Crippen LogP contribution is -2.32. The van der Waals surface area contributed by atoms with E-state index >= 15 is 0 Å². The topological polar surface area (TPSA) is 75.0 Å². The number of hydrogen-bond donors (Lipinski definition) is 2. The maximum absolute atomic E-state index is 11.5. The number of aromatic amines is 1. The number of nitrogens with zero attached hydrogens (tertiary/aromatic N) is 2. The Hall–Kier alpha value is -0.880. The van der Waals surface area contributed by atoms with E-state index in [1.165, 1.54) is 6.33 Å². The quantitative estimate of drug-likeness (QED) is 0.877. The minimum absolute atomic E-state index is 0.125. The van der Waals surface area contributed by atoms with E-state index in [2.05, 4.69) is 30.8 Å². The van der Waals surface area contributed by atoms with Gasteiger partial charge >= 0.3 is 0 Å². The molecule has 0 amide bonds. The molecule has 0 saturated carbocycles. The van der Waals surface area contributed by atoms with Crippen molar-refractivity contribution < 1.29 is 0 Å². The van der Waals surface area contributed by atoms with Crippen LogP contribution >= 0.6 is 15.9 Å². The lowest BCUT2D eigenvalue weighted by molar-refractivity contribution is 0.581. The third-order valence-corrected chi connectivity index (χ3v) is 3.88. The van der Waals surface area contributed by atoms with Crippen LogP contribution in [0.5, 0.6) is 0 Å². The van der Waals surface area contributed by atoms with Crippen molar-refractivity contribution >= 4 is 21.7 Å². The molecule has 2 heterocycles. The second kappa shape index (κ2) is 5.64. The molecular weight excluding hydrogens is 284 g/mol. The Balaban J connectivity index is 2.20. The number of aromatic nitrogens is 2. The fraction of sp³-hybridized carbons (Fsp3) is 0.636. The van der Waals surface area contributed by atoms with Crippen LogP contribution in [0.3, 0.4) is 0 Å². The van der Waals surface area contributed by atoms with Crippen LogP contribution in [0.15, 0.2) is 15.6 Å². The smallest absolute Gasteiger partial charge is 0.267 e. The zero-order chi connectivity index (χ0) is 12.3. The Bertz CT molecular complexity index is 434. The van der Waals surface area contributed by atoms with Crippen molar-refractivity contribution in [3.63, 3.8) is 0 Å². The van der Waals surface area contributed by atoms with Crippen molar-refractivity contribution in [2.24, 2.45) is 5.73 Å². The Morgan fingerprint density at radius 3 is 3.24 bits per heavy atom. The van der Waals surface area contributed by atoms with E-state index < -0.39 is 0 Å². The van der Waals surface area contributed by atoms with Crippen LogP contribution in [0.2, 0.25) is 0 Å². The van der Waals surface area contributed by atoms with Crippen LogP contribution in [0, 0.1) is 0 Å². The average Bonchev–Trinajstić information content (AvgIpc) is 2.78. The Morgan fingerprint density at radius 1 is 1.65 bits per heavy atom. The molecule has 1 unspecified atom stereocenters. The normalized spacial score (nSPS) is 19.9. The summed E-state index contributed by atoms with van der Waals surface area (Å²) in [6.07, 6.45) is 5.84. The standard InChI is InChI=1S/C11H17BrN4O/c12-9-10(14-7-15-11(9)17)16-6-2-4-8(16)3-1-5-13/h7-8H,1-6,13H2,(H,14,15,17). The molecule has 1 atom stereocenters. The zero-order valence-corrected chi connectivity index (χ0v) is 11.2. The second-order valence-corrected chi connectivity index (χ2v) is 5.08. The Kier molecular flexibility index (Phi) is 4.17. The minimum Gasteiger partial charge on any atom is -0.352 e. The van der Waals surface area contributed by atoms with Crippen LogP contribution in [-0.4, -0.2) is 29.1 Å². The fourth-order valence-electron chi connectivity index (χ4n) is 2.34. The highest BCUT2D eigenvalue weighted by Gasteiger charge is 2.27. The molecule has 3 N–H and O–H groups in total. The fourth-order valence-corrected chi connectivity index (χ4v) is 2.79. The molecular formula is C11H17BrN4O. The van der Waals surface area contributed by atoms with Crippen molar-refractivity contribution in [3.8, 4) is 0 Å². The molecule has 1 aromatic heterocycles. The highest BCUT2D eigenvalue weighted by molar-refractivity contribution is 9.10. The van der Waals surface area contributed by atoms with Gasteiger partial charge in [-0.25, -0.2) is 4.98 Å². The first-order valence-corrected chi connectivity index (χ1v) is 6.73. The number of H-pyrrole nitrogens is 1. The Morgan fingerprint density at radius 2 is 2.47 bits per heavy atom. The van der Waals surface area contributed by atoms with E-state index in [1.54, 1.807) is 0 Å². The van der Waals surface area contributed by atoms with Gasteiger partial charge in [0.25, 0.3) is 5.56 Å². The van der Waals surface area contributed by atoms with Gasteiger partial charge in [0, 0.05) is 12.6 Å². The van der Waals surface area contributed by atoms with Gasteiger partial charge < -0.3 is 15.6 Å². The molecule has 0 aromatic carbocycles. The van der Waals surface area contributed by atoms with Crippen molar-refractivity contribution in [2.75, 3.05) is 18.0 Å². The van der Waals surface area contributed by atoms with Crippen LogP contribution < -0.4 is 16.2 Å². The molecule has 94 valence electrons. The number of hydrogen-bond acceptors (Lipinski definition) is 4. The highest BCUT2D eigenvalue weighted by Crippen LogP contribution is 2.29.